The van der Waals surface area contributed by atoms with Gasteiger partial charge in [-0.2, -0.15) is 0 Å². The van der Waals surface area contributed by atoms with Crippen LogP contribution in [0.4, 0.5) is 11.5 Å². The van der Waals surface area contributed by atoms with Gasteiger partial charge < -0.3 is 19.5 Å². The van der Waals surface area contributed by atoms with Crippen LogP contribution in [0, 0.1) is 0 Å². The van der Waals surface area contributed by atoms with Gasteiger partial charge in [0, 0.05) is 48.6 Å². The van der Waals surface area contributed by atoms with Crippen molar-refractivity contribution in [2.75, 3.05) is 31.7 Å². The standard InChI is InChI=1S/C20H23N3O3/c1-2-14(1)20-22-16(13-5-7-24-8-6-13)12-19(23-20)21-15-3-4-17-18(11-15)26-10-9-25-17/h3-4,11-14H,1-2,5-10H2,(H,21,22,23). The summed E-state index contributed by atoms with van der Waals surface area (Å²) < 4.78 is 16.8. The van der Waals surface area contributed by atoms with Gasteiger partial charge in [-0.05, 0) is 37.8 Å². The quantitative estimate of drug-likeness (QED) is 0.903. The average molecular weight is 353 g/mol. The monoisotopic (exact) mass is 353 g/mol. The van der Waals surface area contributed by atoms with E-state index >= 15 is 0 Å². The highest BCUT2D eigenvalue weighted by atomic mass is 16.6. The van der Waals surface area contributed by atoms with Gasteiger partial charge >= 0.3 is 0 Å². The largest absolute Gasteiger partial charge is 0.486 e. The van der Waals surface area contributed by atoms with Crippen LogP contribution in [0.3, 0.4) is 0 Å². The molecular formula is C20H23N3O3. The number of hydrogen-bond donors (Lipinski definition) is 1. The molecule has 2 aromatic rings. The molecule has 2 fully saturated rings. The number of rotatable bonds is 4. The molecular weight excluding hydrogens is 330 g/mol. The van der Waals surface area contributed by atoms with Gasteiger partial charge in [0.15, 0.2) is 11.5 Å². The van der Waals surface area contributed by atoms with E-state index in [4.69, 9.17) is 24.2 Å². The Balaban J connectivity index is 1.43. The Morgan fingerprint density at radius 1 is 0.808 bits per heavy atom. The highest BCUT2D eigenvalue weighted by Crippen LogP contribution is 2.40. The lowest BCUT2D eigenvalue weighted by molar-refractivity contribution is 0.0844. The molecule has 26 heavy (non-hydrogen) atoms. The summed E-state index contributed by atoms with van der Waals surface area (Å²) in [5, 5.41) is 3.44. The molecule has 0 unspecified atom stereocenters. The predicted octanol–water partition coefficient (Wildman–Crippen LogP) is 3.76. The maximum Gasteiger partial charge on any atom is 0.163 e. The zero-order valence-corrected chi connectivity index (χ0v) is 14.7. The predicted molar refractivity (Wildman–Crippen MR) is 97.5 cm³/mol. The summed E-state index contributed by atoms with van der Waals surface area (Å²) in [6, 6.07) is 8.01. The minimum absolute atomic E-state index is 0.463. The zero-order valence-electron chi connectivity index (χ0n) is 14.7. The number of hydrogen-bond acceptors (Lipinski definition) is 6. The molecule has 136 valence electrons. The van der Waals surface area contributed by atoms with Gasteiger partial charge in [0.25, 0.3) is 0 Å². The first-order valence-corrected chi connectivity index (χ1v) is 9.48. The molecule has 1 N–H and O–H groups in total. The summed E-state index contributed by atoms with van der Waals surface area (Å²) in [5.74, 6) is 4.41. The normalized spacial score (nSPS) is 20.0. The SMILES string of the molecule is c1cc2c(cc1Nc1cc(C3CCOCC3)nc(C3CC3)n1)OCCO2. The smallest absolute Gasteiger partial charge is 0.163 e. The summed E-state index contributed by atoms with van der Waals surface area (Å²) in [5.41, 5.74) is 2.10. The van der Waals surface area contributed by atoms with Gasteiger partial charge in [-0.25, -0.2) is 9.97 Å². The number of aromatic nitrogens is 2. The molecule has 0 amide bonds. The van der Waals surface area contributed by atoms with Crippen LogP contribution in [0.5, 0.6) is 11.5 Å². The number of ether oxygens (including phenoxy) is 3. The maximum atomic E-state index is 5.68. The second-order valence-corrected chi connectivity index (χ2v) is 7.18. The van der Waals surface area contributed by atoms with Gasteiger partial charge in [0.05, 0.1) is 0 Å². The summed E-state index contributed by atoms with van der Waals surface area (Å²) >= 11 is 0. The first-order valence-electron chi connectivity index (χ1n) is 9.48. The van der Waals surface area contributed by atoms with E-state index in [0.717, 1.165) is 60.6 Å². The van der Waals surface area contributed by atoms with Crippen LogP contribution >= 0.6 is 0 Å². The van der Waals surface area contributed by atoms with Crippen molar-refractivity contribution in [3.8, 4) is 11.5 Å². The molecule has 1 saturated carbocycles. The van der Waals surface area contributed by atoms with E-state index in [1.54, 1.807) is 0 Å². The Kier molecular flexibility index (Phi) is 4.13. The third kappa shape index (κ3) is 3.33. The van der Waals surface area contributed by atoms with E-state index in [0.29, 0.717) is 25.0 Å². The van der Waals surface area contributed by atoms with Crippen LogP contribution in [-0.2, 0) is 4.74 Å². The van der Waals surface area contributed by atoms with E-state index in [9.17, 15) is 0 Å². The Morgan fingerprint density at radius 3 is 2.42 bits per heavy atom. The molecule has 0 spiro atoms. The number of benzene rings is 1. The van der Waals surface area contributed by atoms with Gasteiger partial charge in [-0.1, -0.05) is 0 Å². The molecule has 3 aliphatic rings. The lowest BCUT2D eigenvalue weighted by Gasteiger charge is -2.22. The van der Waals surface area contributed by atoms with Crippen molar-refractivity contribution in [3.63, 3.8) is 0 Å². The first-order chi connectivity index (χ1) is 12.8. The van der Waals surface area contributed by atoms with Crippen LogP contribution in [-0.4, -0.2) is 36.4 Å². The molecule has 3 heterocycles. The second-order valence-electron chi connectivity index (χ2n) is 7.18. The zero-order chi connectivity index (χ0) is 17.3. The van der Waals surface area contributed by atoms with Gasteiger partial charge in [0.1, 0.15) is 24.9 Å². The van der Waals surface area contributed by atoms with E-state index in [-0.39, 0.29) is 0 Å². The lowest BCUT2D eigenvalue weighted by atomic mass is 9.96. The Morgan fingerprint density at radius 2 is 1.62 bits per heavy atom. The van der Waals surface area contributed by atoms with E-state index in [1.807, 2.05) is 18.2 Å². The molecule has 1 aliphatic carbocycles. The number of nitrogens with zero attached hydrogens (tertiary/aromatic N) is 2. The molecule has 1 saturated heterocycles. The van der Waals surface area contributed by atoms with Crippen molar-refractivity contribution in [2.24, 2.45) is 0 Å². The highest BCUT2D eigenvalue weighted by Gasteiger charge is 2.29. The third-order valence-corrected chi connectivity index (χ3v) is 5.16. The van der Waals surface area contributed by atoms with Gasteiger partial charge in [-0.15, -0.1) is 0 Å². The average Bonchev–Trinajstić information content (AvgIpc) is 3.54. The minimum Gasteiger partial charge on any atom is -0.486 e. The molecule has 0 atom stereocenters. The molecule has 1 aromatic carbocycles. The first kappa shape index (κ1) is 15.9. The number of nitrogens with one attached hydrogen (secondary N) is 1. The molecule has 1 aromatic heterocycles. The molecule has 0 radical (unpaired) electrons. The number of anilines is 2. The fraction of sp³-hybridized carbons (Fsp3) is 0.500. The van der Waals surface area contributed by atoms with E-state index in [1.165, 1.54) is 12.8 Å². The molecule has 6 heteroatoms. The Bertz CT molecular complexity index is 801. The van der Waals surface area contributed by atoms with Crippen LogP contribution in [0.15, 0.2) is 24.3 Å². The minimum atomic E-state index is 0.463. The summed E-state index contributed by atoms with van der Waals surface area (Å²) in [6.07, 6.45) is 4.45. The van der Waals surface area contributed by atoms with Crippen molar-refractivity contribution in [1.29, 1.82) is 0 Å². The fourth-order valence-corrected chi connectivity index (χ4v) is 3.54. The van der Waals surface area contributed by atoms with Crippen LogP contribution in [0.1, 0.15) is 49.0 Å². The van der Waals surface area contributed by atoms with Crippen molar-refractivity contribution < 1.29 is 14.2 Å². The van der Waals surface area contributed by atoms with Crippen molar-refractivity contribution >= 4 is 11.5 Å². The van der Waals surface area contributed by atoms with Crippen LogP contribution < -0.4 is 14.8 Å². The Labute approximate surface area is 152 Å². The second kappa shape index (κ2) is 6.76. The van der Waals surface area contributed by atoms with Crippen molar-refractivity contribution in [2.45, 2.75) is 37.5 Å². The van der Waals surface area contributed by atoms with Crippen molar-refractivity contribution in [3.05, 3.63) is 35.8 Å². The highest BCUT2D eigenvalue weighted by molar-refractivity contribution is 5.62. The van der Waals surface area contributed by atoms with E-state index < -0.39 is 0 Å². The van der Waals surface area contributed by atoms with Gasteiger partial charge in [-0.3, -0.25) is 0 Å². The van der Waals surface area contributed by atoms with Crippen molar-refractivity contribution in [1.82, 2.24) is 9.97 Å². The summed E-state index contributed by atoms with van der Waals surface area (Å²) in [7, 11) is 0. The third-order valence-electron chi connectivity index (χ3n) is 5.16. The fourth-order valence-electron chi connectivity index (χ4n) is 3.54. The van der Waals surface area contributed by atoms with Crippen LogP contribution in [0.25, 0.3) is 0 Å². The Hall–Kier alpha value is -2.34. The molecule has 5 rings (SSSR count). The topological polar surface area (TPSA) is 65.5 Å². The van der Waals surface area contributed by atoms with Gasteiger partial charge in [0.2, 0.25) is 0 Å². The molecule has 2 aliphatic heterocycles. The molecule has 0 bridgehead atoms. The molecule has 6 nitrogen and oxygen atoms in total. The summed E-state index contributed by atoms with van der Waals surface area (Å²) in [4.78, 5) is 9.65. The summed E-state index contributed by atoms with van der Waals surface area (Å²) in [6.45, 7) is 2.82. The maximum absolute atomic E-state index is 5.68. The lowest BCUT2D eigenvalue weighted by Crippen LogP contribution is -2.16. The van der Waals surface area contributed by atoms with E-state index in [2.05, 4.69) is 11.4 Å². The number of fused-ring (bicyclic) bond motifs is 1. The van der Waals surface area contributed by atoms with Crippen LogP contribution in [0.2, 0.25) is 0 Å².